The van der Waals surface area contributed by atoms with Crippen molar-refractivity contribution in [3.8, 4) is 17.1 Å². The third kappa shape index (κ3) is 2.97. The van der Waals surface area contributed by atoms with E-state index in [-0.39, 0.29) is 10.9 Å². The third-order valence-corrected chi connectivity index (χ3v) is 5.17. The largest absolute Gasteiger partial charge is 0.375 e. The summed E-state index contributed by atoms with van der Waals surface area (Å²) in [4.78, 5) is 12.8. The third-order valence-electron chi connectivity index (χ3n) is 5.08. The number of thiocarbonyl (C=S) groups is 1. The van der Waals surface area contributed by atoms with Crippen LogP contribution in [-0.4, -0.2) is 29.1 Å². The van der Waals surface area contributed by atoms with Gasteiger partial charge < -0.3 is 10.3 Å². The van der Waals surface area contributed by atoms with Crippen LogP contribution < -0.4 is 16.8 Å². The highest BCUT2D eigenvalue weighted by Gasteiger charge is 2.21. The van der Waals surface area contributed by atoms with Crippen molar-refractivity contribution < 1.29 is 8.78 Å². The molecular weight excluding hydrogens is 424 g/mol. The van der Waals surface area contributed by atoms with Gasteiger partial charge in [-0.05, 0) is 48.6 Å². The standard InChI is InChI=1S/C20H15F2N7OS/c1-27-8-14(12-6-10(21)2-4-15(12)27)18-24-25-20(30)29(18)17-9-28(26-19(23)31)16-5-3-11(22)7-13(16)17/h2-9H,1H3,(H,25,30)(H3,23,26,31). The maximum atomic E-state index is 14.1. The Hall–Kier alpha value is -3.99. The van der Waals surface area contributed by atoms with Crippen molar-refractivity contribution in [1.29, 1.82) is 0 Å². The minimum absolute atomic E-state index is 0.00272. The smallest absolute Gasteiger partial charge is 0.348 e. The lowest BCUT2D eigenvalue weighted by atomic mass is 10.1. The molecule has 2 aromatic carbocycles. The van der Waals surface area contributed by atoms with E-state index in [1.165, 1.54) is 39.6 Å². The van der Waals surface area contributed by atoms with E-state index in [9.17, 15) is 13.6 Å². The summed E-state index contributed by atoms with van der Waals surface area (Å²) in [6, 6.07) is 8.52. The van der Waals surface area contributed by atoms with Gasteiger partial charge in [-0.3, -0.25) is 10.1 Å². The molecule has 31 heavy (non-hydrogen) atoms. The number of aryl methyl sites for hydroxylation is 1. The maximum Gasteiger partial charge on any atom is 0.348 e. The predicted octanol–water partition coefficient (Wildman–Crippen LogP) is 2.74. The zero-order valence-electron chi connectivity index (χ0n) is 16.1. The molecule has 0 bridgehead atoms. The van der Waals surface area contributed by atoms with Gasteiger partial charge in [0, 0.05) is 35.1 Å². The highest BCUT2D eigenvalue weighted by molar-refractivity contribution is 7.80. The van der Waals surface area contributed by atoms with Crippen LogP contribution in [0.15, 0.2) is 53.6 Å². The van der Waals surface area contributed by atoms with E-state index >= 15 is 0 Å². The van der Waals surface area contributed by atoms with Crippen LogP contribution in [0.4, 0.5) is 8.78 Å². The second-order valence-corrected chi connectivity index (χ2v) is 7.46. The van der Waals surface area contributed by atoms with Gasteiger partial charge in [0.1, 0.15) is 11.6 Å². The second-order valence-electron chi connectivity index (χ2n) is 7.02. The van der Waals surface area contributed by atoms with E-state index in [2.05, 4.69) is 15.6 Å². The molecule has 4 N–H and O–H groups in total. The molecule has 0 saturated carbocycles. The van der Waals surface area contributed by atoms with Crippen molar-refractivity contribution in [1.82, 2.24) is 24.0 Å². The quantitative estimate of drug-likeness (QED) is 0.376. The summed E-state index contributed by atoms with van der Waals surface area (Å²) < 4.78 is 32.7. The van der Waals surface area contributed by atoms with Crippen molar-refractivity contribution >= 4 is 39.1 Å². The van der Waals surface area contributed by atoms with Crippen LogP contribution >= 0.6 is 12.2 Å². The van der Waals surface area contributed by atoms with Crippen LogP contribution in [0.2, 0.25) is 0 Å². The van der Waals surface area contributed by atoms with Crippen LogP contribution in [0.3, 0.4) is 0 Å². The fourth-order valence-corrected chi connectivity index (χ4v) is 3.92. The van der Waals surface area contributed by atoms with Gasteiger partial charge in [-0.1, -0.05) is 0 Å². The average Bonchev–Trinajstić information content (AvgIpc) is 3.35. The fourth-order valence-electron chi connectivity index (χ4n) is 3.82. The summed E-state index contributed by atoms with van der Waals surface area (Å²) >= 11 is 4.92. The number of H-pyrrole nitrogens is 1. The van der Waals surface area contributed by atoms with Crippen LogP contribution in [0.25, 0.3) is 38.9 Å². The molecule has 0 unspecified atom stereocenters. The summed E-state index contributed by atoms with van der Waals surface area (Å²) in [7, 11) is 1.81. The van der Waals surface area contributed by atoms with Gasteiger partial charge in [0.25, 0.3) is 0 Å². The maximum absolute atomic E-state index is 14.1. The number of aromatic nitrogens is 5. The van der Waals surface area contributed by atoms with Crippen molar-refractivity contribution in [3.05, 3.63) is 70.9 Å². The fraction of sp³-hybridized carbons (Fsp3) is 0.0500. The van der Waals surface area contributed by atoms with Gasteiger partial charge in [0.15, 0.2) is 10.9 Å². The molecule has 0 spiro atoms. The van der Waals surface area contributed by atoms with Crippen molar-refractivity contribution in [3.63, 3.8) is 0 Å². The predicted molar refractivity (Wildman–Crippen MR) is 118 cm³/mol. The van der Waals surface area contributed by atoms with E-state index < -0.39 is 17.3 Å². The van der Waals surface area contributed by atoms with Crippen molar-refractivity contribution in [2.24, 2.45) is 12.8 Å². The summed E-state index contributed by atoms with van der Waals surface area (Å²) in [5.41, 5.74) is 10.0. The minimum Gasteiger partial charge on any atom is -0.375 e. The van der Waals surface area contributed by atoms with Crippen LogP contribution in [0, 0.1) is 11.6 Å². The Morgan fingerprint density at radius 1 is 1.10 bits per heavy atom. The first-order valence-corrected chi connectivity index (χ1v) is 9.54. The van der Waals surface area contributed by atoms with Gasteiger partial charge in [-0.25, -0.2) is 23.2 Å². The van der Waals surface area contributed by atoms with Crippen LogP contribution in [0.1, 0.15) is 0 Å². The number of benzene rings is 2. The summed E-state index contributed by atoms with van der Waals surface area (Å²) in [6.45, 7) is 0. The summed E-state index contributed by atoms with van der Waals surface area (Å²) in [6.07, 6.45) is 3.32. The average molecular weight is 439 g/mol. The second kappa shape index (κ2) is 6.77. The van der Waals surface area contributed by atoms with Gasteiger partial charge in [-0.2, -0.15) is 5.10 Å². The number of rotatable bonds is 3. The first-order valence-electron chi connectivity index (χ1n) is 9.13. The molecule has 0 saturated heterocycles. The molecule has 3 heterocycles. The molecule has 0 atom stereocenters. The van der Waals surface area contributed by atoms with Crippen LogP contribution in [-0.2, 0) is 7.05 Å². The molecule has 0 aliphatic rings. The number of halogens is 2. The van der Waals surface area contributed by atoms with Crippen molar-refractivity contribution in [2.75, 3.05) is 5.43 Å². The van der Waals surface area contributed by atoms with E-state index in [1.54, 1.807) is 18.5 Å². The molecule has 8 nitrogen and oxygen atoms in total. The minimum atomic E-state index is -0.540. The number of nitrogens with two attached hydrogens (primary N) is 1. The van der Waals surface area contributed by atoms with Crippen LogP contribution in [0.5, 0.6) is 0 Å². The Morgan fingerprint density at radius 2 is 1.77 bits per heavy atom. The highest BCUT2D eigenvalue weighted by Crippen LogP contribution is 2.32. The first-order chi connectivity index (χ1) is 14.8. The molecule has 0 aliphatic heterocycles. The van der Waals surface area contributed by atoms with E-state index in [4.69, 9.17) is 18.0 Å². The zero-order valence-corrected chi connectivity index (χ0v) is 16.9. The normalized spacial score (nSPS) is 11.5. The lowest BCUT2D eigenvalue weighted by Crippen LogP contribution is -2.27. The van der Waals surface area contributed by atoms with E-state index in [1.807, 2.05) is 11.6 Å². The molecule has 11 heteroatoms. The van der Waals surface area contributed by atoms with E-state index in [0.717, 1.165) is 5.52 Å². The summed E-state index contributed by atoms with van der Waals surface area (Å²) in [5, 5.41) is 7.61. The topological polar surface area (TPSA) is 98.6 Å². The SMILES string of the molecule is Cn1cc(-c2n[nH]c(=O)n2-c2cn(NC(N)=S)c3ccc(F)cc23)c2cc(F)ccc21. The molecular formula is C20H15F2N7OS. The number of nitrogens with one attached hydrogen (secondary N) is 2. The number of hydrogen-bond acceptors (Lipinski definition) is 3. The Morgan fingerprint density at radius 3 is 2.48 bits per heavy atom. The molecule has 156 valence electrons. The van der Waals surface area contributed by atoms with E-state index in [0.29, 0.717) is 27.5 Å². The molecule has 0 amide bonds. The van der Waals surface area contributed by atoms with Gasteiger partial charge in [0.2, 0.25) is 0 Å². The number of fused-ring (bicyclic) bond motifs is 2. The number of nitrogens with zero attached hydrogens (tertiary/aromatic N) is 4. The van der Waals surface area contributed by atoms with Gasteiger partial charge >= 0.3 is 5.69 Å². The molecule has 5 aromatic rings. The zero-order chi connectivity index (χ0) is 21.9. The number of hydrogen-bond donors (Lipinski definition) is 3. The molecule has 0 radical (unpaired) electrons. The lowest BCUT2D eigenvalue weighted by Gasteiger charge is -2.05. The Kier molecular flexibility index (Phi) is 4.15. The Labute approximate surface area is 178 Å². The Bertz CT molecular complexity index is 1560. The molecule has 3 aromatic heterocycles. The lowest BCUT2D eigenvalue weighted by molar-refractivity contribution is 0.629. The molecule has 0 fully saturated rings. The first kappa shape index (κ1) is 19.0. The Balaban J connectivity index is 1.82. The van der Waals surface area contributed by atoms with Gasteiger partial charge in [-0.15, -0.1) is 0 Å². The molecule has 5 rings (SSSR count). The van der Waals surface area contributed by atoms with Gasteiger partial charge in [0.05, 0.1) is 17.4 Å². The van der Waals surface area contributed by atoms with Crippen molar-refractivity contribution in [2.45, 2.75) is 0 Å². The summed E-state index contributed by atoms with van der Waals surface area (Å²) in [5.74, 6) is -0.643. The number of aromatic amines is 1. The monoisotopic (exact) mass is 439 g/mol. The highest BCUT2D eigenvalue weighted by atomic mass is 32.1. The molecule has 0 aliphatic carbocycles.